The molecule has 1 N–H and O–H groups in total. The molecule has 1 heterocycles. The van der Waals surface area contributed by atoms with E-state index in [1.54, 1.807) is 0 Å². The second kappa shape index (κ2) is 8.28. The van der Waals surface area contributed by atoms with Crippen LogP contribution in [0.5, 0.6) is 0 Å². The minimum atomic E-state index is 0.0517. The van der Waals surface area contributed by atoms with E-state index in [-0.39, 0.29) is 5.54 Å². The maximum atomic E-state index is 5.00. The summed E-state index contributed by atoms with van der Waals surface area (Å²) >= 11 is 1.85. The van der Waals surface area contributed by atoms with Gasteiger partial charge in [0.25, 0.3) is 0 Å². The van der Waals surface area contributed by atoms with Crippen molar-refractivity contribution in [2.24, 2.45) is 11.8 Å². The smallest absolute Gasteiger partial charge is 0.113 e. The van der Waals surface area contributed by atoms with E-state index in [0.29, 0.717) is 17.8 Å². The molecular formula is C18H34N2S. The zero-order chi connectivity index (χ0) is 16.0. The van der Waals surface area contributed by atoms with Gasteiger partial charge < -0.3 is 5.32 Å². The Bertz CT molecular complexity index is 397. The zero-order valence-electron chi connectivity index (χ0n) is 15.0. The van der Waals surface area contributed by atoms with Crippen molar-refractivity contribution >= 4 is 11.3 Å². The molecule has 2 nitrogen and oxygen atoms in total. The highest BCUT2D eigenvalue weighted by molar-refractivity contribution is 7.09. The number of aromatic nitrogens is 1. The van der Waals surface area contributed by atoms with Crippen LogP contribution in [0.2, 0.25) is 0 Å². The second-order valence-electron chi connectivity index (χ2n) is 7.44. The molecule has 1 aromatic rings. The van der Waals surface area contributed by atoms with Gasteiger partial charge in [0.1, 0.15) is 5.01 Å². The van der Waals surface area contributed by atoms with Gasteiger partial charge in [-0.05, 0) is 43.6 Å². The van der Waals surface area contributed by atoms with E-state index in [2.05, 4.69) is 59.2 Å². The molecule has 0 fully saturated rings. The van der Waals surface area contributed by atoms with Crippen LogP contribution in [0.3, 0.4) is 0 Å². The first-order valence-electron chi connectivity index (χ1n) is 8.51. The largest absolute Gasteiger partial charge is 0.305 e. The molecule has 0 unspecified atom stereocenters. The van der Waals surface area contributed by atoms with Crippen LogP contribution in [0.25, 0.3) is 0 Å². The van der Waals surface area contributed by atoms with Crippen molar-refractivity contribution in [2.45, 2.75) is 79.2 Å². The fraction of sp³-hybridized carbons (Fsp3) is 0.833. The Morgan fingerprint density at radius 2 is 1.67 bits per heavy atom. The topological polar surface area (TPSA) is 24.9 Å². The van der Waals surface area contributed by atoms with Crippen LogP contribution in [0, 0.1) is 11.8 Å². The molecular weight excluding hydrogens is 276 g/mol. The fourth-order valence-corrected chi connectivity index (χ4v) is 4.19. The summed E-state index contributed by atoms with van der Waals surface area (Å²) in [7, 11) is 0. The quantitative estimate of drug-likeness (QED) is 0.646. The van der Waals surface area contributed by atoms with Crippen molar-refractivity contribution in [3.8, 4) is 0 Å². The van der Waals surface area contributed by atoms with Crippen molar-refractivity contribution in [1.29, 1.82) is 0 Å². The molecule has 0 bridgehead atoms. The lowest BCUT2D eigenvalue weighted by atomic mass is 9.82. The zero-order valence-corrected chi connectivity index (χ0v) is 15.8. The maximum Gasteiger partial charge on any atom is 0.113 e. The molecule has 3 heteroatoms. The molecule has 1 rings (SSSR count). The van der Waals surface area contributed by atoms with E-state index in [4.69, 9.17) is 4.98 Å². The molecule has 1 aromatic heterocycles. The highest BCUT2D eigenvalue weighted by atomic mass is 32.1. The monoisotopic (exact) mass is 310 g/mol. The second-order valence-corrected chi connectivity index (χ2v) is 8.30. The Morgan fingerprint density at radius 1 is 1.10 bits per heavy atom. The van der Waals surface area contributed by atoms with Crippen molar-refractivity contribution in [3.05, 3.63) is 16.1 Å². The summed E-state index contributed by atoms with van der Waals surface area (Å²) in [5.74, 6) is 1.84. The lowest BCUT2D eigenvalue weighted by Gasteiger charge is -2.36. The molecule has 0 saturated carbocycles. The number of hydrogen-bond acceptors (Lipinski definition) is 3. The molecule has 0 amide bonds. The van der Waals surface area contributed by atoms with Crippen molar-refractivity contribution in [3.63, 3.8) is 0 Å². The van der Waals surface area contributed by atoms with E-state index in [1.165, 1.54) is 17.1 Å². The number of rotatable bonds is 9. The van der Waals surface area contributed by atoms with E-state index in [0.717, 1.165) is 19.4 Å². The molecule has 0 radical (unpaired) electrons. The molecule has 0 aromatic carbocycles. The first-order chi connectivity index (χ1) is 9.80. The summed E-state index contributed by atoms with van der Waals surface area (Å²) in [4.78, 5) is 5.00. The van der Waals surface area contributed by atoms with Crippen LogP contribution < -0.4 is 5.32 Å². The van der Waals surface area contributed by atoms with Crippen LogP contribution in [-0.2, 0) is 5.54 Å². The number of hydrogen-bond donors (Lipinski definition) is 1. The Hall–Kier alpha value is -0.410. The van der Waals surface area contributed by atoms with Gasteiger partial charge in [-0.2, -0.15) is 0 Å². The minimum absolute atomic E-state index is 0.0517. The maximum absolute atomic E-state index is 5.00. The number of nitrogens with zero attached hydrogens (tertiary/aromatic N) is 1. The third kappa shape index (κ3) is 5.37. The normalized spacial score (nSPS) is 12.9. The van der Waals surface area contributed by atoms with Crippen LogP contribution >= 0.6 is 11.3 Å². The molecule has 0 aliphatic rings. The van der Waals surface area contributed by atoms with E-state index in [1.807, 2.05) is 11.3 Å². The Morgan fingerprint density at radius 3 is 2.05 bits per heavy atom. The summed E-state index contributed by atoms with van der Waals surface area (Å²) in [5, 5.41) is 7.41. The average Bonchev–Trinajstić information content (AvgIpc) is 2.84. The number of thiazole rings is 1. The van der Waals surface area contributed by atoms with Crippen LogP contribution in [0.1, 0.15) is 84.3 Å². The van der Waals surface area contributed by atoms with Crippen molar-refractivity contribution in [1.82, 2.24) is 10.3 Å². The van der Waals surface area contributed by atoms with Gasteiger partial charge >= 0.3 is 0 Å². The average molecular weight is 311 g/mol. The molecule has 0 aliphatic heterocycles. The summed E-state index contributed by atoms with van der Waals surface area (Å²) in [6, 6.07) is 0. The van der Waals surface area contributed by atoms with Gasteiger partial charge in [0.05, 0.1) is 11.2 Å². The van der Waals surface area contributed by atoms with Crippen LogP contribution in [0.15, 0.2) is 5.38 Å². The van der Waals surface area contributed by atoms with Gasteiger partial charge in [-0.1, -0.05) is 48.5 Å². The molecule has 0 atom stereocenters. The Balaban J connectivity index is 3.16. The third-order valence-corrected chi connectivity index (χ3v) is 4.81. The predicted molar refractivity (Wildman–Crippen MR) is 95.1 cm³/mol. The van der Waals surface area contributed by atoms with Crippen molar-refractivity contribution in [2.75, 3.05) is 6.54 Å². The van der Waals surface area contributed by atoms with Gasteiger partial charge in [0, 0.05) is 5.38 Å². The van der Waals surface area contributed by atoms with Crippen molar-refractivity contribution < 1.29 is 0 Å². The van der Waals surface area contributed by atoms with Gasteiger partial charge in [-0.25, -0.2) is 4.98 Å². The Labute approximate surface area is 135 Å². The third-order valence-electron chi connectivity index (χ3n) is 3.75. The van der Waals surface area contributed by atoms with Crippen LogP contribution in [0.4, 0.5) is 0 Å². The van der Waals surface area contributed by atoms with Gasteiger partial charge in [-0.3, -0.25) is 0 Å². The van der Waals surface area contributed by atoms with E-state index >= 15 is 0 Å². The predicted octanol–water partition coefficient (Wildman–Crippen LogP) is 5.55. The molecule has 21 heavy (non-hydrogen) atoms. The lowest BCUT2D eigenvalue weighted by molar-refractivity contribution is 0.224. The van der Waals surface area contributed by atoms with Gasteiger partial charge in [0.15, 0.2) is 0 Å². The standard InChI is InChI=1S/C18H34N2S/c1-8-9-19-18(10-13(2)3,11-14(4)5)17-20-16(12-21-17)15(6)7/h12-15,19H,8-11H2,1-7H3. The molecule has 0 saturated heterocycles. The van der Waals surface area contributed by atoms with Crippen LogP contribution in [-0.4, -0.2) is 11.5 Å². The molecule has 0 spiro atoms. The summed E-state index contributed by atoms with van der Waals surface area (Å²) in [6.45, 7) is 17.0. The molecule has 0 aliphatic carbocycles. The number of nitrogens with one attached hydrogen (secondary N) is 1. The highest BCUT2D eigenvalue weighted by Crippen LogP contribution is 2.37. The SMILES string of the molecule is CCCNC(CC(C)C)(CC(C)C)c1nc(C(C)C)cs1. The van der Waals surface area contributed by atoms with E-state index < -0.39 is 0 Å². The summed E-state index contributed by atoms with van der Waals surface area (Å²) in [6.07, 6.45) is 3.49. The summed E-state index contributed by atoms with van der Waals surface area (Å²) in [5.41, 5.74) is 1.29. The highest BCUT2D eigenvalue weighted by Gasteiger charge is 2.36. The van der Waals surface area contributed by atoms with Gasteiger partial charge in [-0.15, -0.1) is 11.3 Å². The first-order valence-corrected chi connectivity index (χ1v) is 9.39. The molecule has 122 valence electrons. The van der Waals surface area contributed by atoms with Gasteiger partial charge in [0.2, 0.25) is 0 Å². The van der Waals surface area contributed by atoms with E-state index in [9.17, 15) is 0 Å². The fourth-order valence-electron chi connectivity index (χ4n) is 3.01. The minimum Gasteiger partial charge on any atom is -0.305 e. The summed E-state index contributed by atoms with van der Waals surface area (Å²) < 4.78 is 0. The first kappa shape index (κ1) is 18.6. The lowest BCUT2D eigenvalue weighted by Crippen LogP contribution is -2.45. The Kier molecular flexibility index (Phi) is 7.35.